The Morgan fingerprint density at radius 2 is 1.30 bits per heavy atom. The summed E-state index contributed by atoms with van der Waals surface area (Å²) < 4.78 is 0. The monoisotopic (exact) mass is 146 g/mol. The maximum Gasteiger partial charge on any atom is 0.209 e. The summed E-state index contributed by atoms with van der Waals surface area (Å²) in [5.41, 5.74) is 2.15. The standard InChI is InChI=1S/C4H6N2O4/c7-3(5-9)1-2-4(8)6-10/h1-2H2,(H2-2,5,6,7,8,9,10)/q-2. The van der Waals surface area contributed by atoms with Crippen LogP contribution in [-0.2, 0) is 9.59 Å². The smallest absolute Gasteiger partial charge is 0.209 e. The molecule has 0 saturated heterocycles. The molecule has 0 aromatic carbocycles. The summed E-state index contributed by atoms with van der Waals surface area (Å²) in [6.45, 7) is 0. The van der Waals surface area contributed by atoms with Gasteiger partial charge in [0.1, 0.15) is 0 Å². The number of amides is 2. The highest BCUT2D eigenvalue weighted by Crippen LogP contribution is 1.86. The SMILES string of the molecule is O=C(CCC(=O)N[O-])N[O-]. The third-order valence-corrected chi connectivity index (χ3v) is 0.807. The molecule has 0 aromatic heterocycles. The van der Waals surface area contributed by atoms with Crippen LogP contribution in [0.25, 0.3) is 0 Å². The molecule has 0 rings (SSSR count). The second-order valence-corrected chi connectivity index (χ2v) is 1.55. The Morgan fingerprint density at radius 3 is 1.50 bits per heavy atom. The highest BCUT2D eigenvalue weighted by atomic mass is 16.5. The van der Waals surface area contributed by atoms with Crippen LogP contribution in [0.2, 0.25) is 0 Å². The number of rotatable bonds is 3. The molecule has 0 aromatic rings. The molecule has 0 saturated carbocycles. The number of hydroxylamine groups is 2. The summed E-state index contributed by atoms with van der Waals surface area (Å²) in [6.07, 6.45) is -0.505. The van der Waals surface area contributed by atoms with Gasteiger partial charge in [-0.25, -0.2) is 0 Å². The van der Waals surface area contributed by atoms with Crippen molar-refractivity contribution in [1.29, 1.82) is 0 Å². The zero-order chi connectivity index (χ0) is 7.98. The zero-order valence-corrected chi connectivity index (χ0v) is 5.05. The van der Waals surface area contributed by atoms with Gasteiger partial charge in [0.2, 0.25) is 11.8 Å². The first-order chi connectivity index (χ1) is 4.70. The number of carbonyl (C=O) groups is 2. The average Bonchev–Trinajstić information content (AvgIpc) is 1.99. The van der Waals surface area contributed by atoms with Gasteiger partial charge in [0, 0.05) is 12.8 Å². The second-order valence-electron chi connectivity index (χ2n) is 1.55. The molecule has 0 heterocycles. The second kappa shape index (κ2) is 4.71. The highest BCUT2D eigenvalue weighted by Gasteiger charge is 1.98. The minimum Gasteiger partial charge on any atom is -0.759 e. The van der Waals surface area contributed by atoms with Gasteiger partial charge in [-0.3, -0.25) is 9.59 Å². The third kappa shape index (κ3) is 3.81. The van der Waals surface area contributed by atoms with E-state index in [9.17, 15) is 20.0 Å². The van der Waals surface area contributed by atoms with E-state index in [1.807, 2.05) is 0 Å². The Balaban J connectivity index is 3.35. The van der Waals surface area contributed by atoms with Gasteiger partial charge in [0.05, 0.1) is 0 Å². The molecular formula is C4H6N2O4-2. The van der Waals surface area contributed by atoms with Crippen LogP contribution in [0.3, 0.4) is 0 Å². The van der Waals surface area contributed by atoms with Crippen LogP contribution in [-0.4, -0.2) is 11.8 Å². The quantitative estimate of drug-likeness (QED) is 0.498. The average molecular weight is 146 g/mol. The molecule has 0 aliphatic heterocycles. The minimum atomic E-state index is -0.802. The predicted octanol–water partition coefficient (Wildman–Crippen LogP) is -1.01. The normalized spacial score (nSPS) is 8.60. The largest absolute Gasteiger partial charge is 0.759 e. The fourth-order valence-electron chi connectivity index (χ4n) is 0.329. The first kappa shape index (κ1) is 8.86. The van der Waals surface area contributed by atoms with Crippen molar-refractivity contribution in [1.82, 2.24) is 11.0 Å². The number of nitrogens with one attached hydrogen (secondary N) is 2. The molecule has 10 heavy (non-hydrogen) atoms. The van der Waals surface area contributed by atoms with Crippen LogP contribution in [0, 0.1) is 10.4 Å². The topological polar surface area (TPSA) is 104 Å². The van der Waals surface area contributed by atoms with Gasteiger partial charge in [-0.1, -0.05) is 0 Å². The molecule has 6 heteroatoms. The van der Waals surface area contributed by atoms with Crippen molar-refractivity contribution < 1.29 is 9.59 Å². The lowest BCUT2D eigenvalue weighted by molar-refractivity contribution is -0.125. The fraction of sp³-hybridized carbons (Fsp3) is 0.500. The predicted molar refractivity (Wildman–Crippen MR) is 32.3 cm³/mol. The number of carbonyl (C=O) groups excluding carboxylic acids is 2. The van der Waals surface area contributed by atoms with Gasteiger partial charge in [-0.05, 0) is 0 Å². The molecule has 0 fully saturated rings. The van der Waals surface area contributed by atoms with Crippen molar-refractivity contribution in [2.75, 3.05) is 0 Å². The molecule has 58 valence electrons. The molecule has 0 aliphatic rings. The van der Waals surface area contributed by atoms with E-state index in [2.05, 4.69) is 0 Å². The van der Waals surface area contributed by atoms with Gasteiger partial charge in [0.25, 0.3) is 0 Å². The van der Waals surface area contributed by atoms with E-state index in [1.165, 1.54) is 0 Å². The van der Waals surface area contributed by atoms with Gasteiger partial charge >= 0.3 is 0 Å². The minimum absolute atomic E-state index is 0.252. The van der Waals surface area contributed by atoms with Gasteiger partial charge in [-0.2, -0.15) is 0 Å². The lowest BCUT2D eigenvalue weighted by atomic mass is 10.3. The molecule has 2 amide bonds. The van der Waals surface area contributed by atoms with E-state index in [-0.39, 0.29) is 12.8 Å². The van der Waals surface area contributed by atoms with Crippen LogP contribution in [0.15, 0.2) is 0 Å². The van der Waals surface area contributed by atoms with E-state index in [4.69, 9.17) is 0 Å². The van der Waals surface area contributed by atoms with Crippen molar-refractivity contribution in [2.45, 2.75) is 12.8 Å². The summed E-state index contributed by atoms with van der Waals surface area (Å²) in [4.78, 5) is 20.3. The number of hydrogen-bond donors (Lipinski definition) is 2. The lowest BCUT2D eigenvalue weighted by Gasteiger charge is -2.08. The van der Waals surface area contributed by atoms with E-state index >= 15 is 0 Å². The Morgan fingerprint density at radius 1 is 1.00 bits per heavy atom. The van der Waals surface area contributed by atoms with Crippen LogP contribution in [0.5, 0.6) is 0 Å². The molecule has 2 N–H and O–H groups in total. The summed E-state index contributed by atoms with van der Waals surface area (Å²) in [5, 5.41) is 19.0. The van der Waals surface area contributed by atoms with Gasteiger partial charge in [-0.15, -0.1) is 0 Å². The summed E-state index contributed by atoms with van der Waals surface area (Å²) >= 11 is 0. The summed E-state index contributed by atoms with van der Waals surface area (Å²) in [6, 6.07) is 0. The Kier molecular flexibility index (Phi) is 4.17. The summed E-state index contributed by atoms with van der Waals surface area (Å²) in [5.74, 6) is -1.60. The highest BCUT2D eigenvalue weighted by molar-refractivity contribution is 5.83. The Bertz CT molecular complexity index is 119. The molecule has 0 bridgehead atoms. The van der Waals surface area contributed by atoms with Crippen molar-refractivity contribution in [3.63, 3.8) is 0 Å². The third-order valence-electron chi connectivity index (χ3n) is 0.807. The van der Waals surface area contributed by atoms with Crippen molar-refractivity contribution >= 4 is 11.8 Å². The van der Waals surface area contributed by atoms with Crippen molar-refractivity contribution in [3.05, 3.63) is 10.4 Å². The molecule has 6 nitrogen and oxygen atoms in total. The van der Waals surface area contributed by atoms with Crippen LogP contribution in [0.1, 0.15) is 12.8 Å². The number of hydrogen-bond acceptors (Lipinski definition) is 4. The fourth-order valence-corrected chi connectivity index (χ4v) is 0.329. The molecule has 0 spiro atoms. The molecule has 0 aliphatic carbocycles. The van der Waals surface area contributed by atoms with Crippen LogP contribution < -0.4 is 11.0 Å². The van der Waals surface area contributed by atoms with Gasteiger partial charge in [0.15, 0.2) is 0 Å². The molecule has 0 radical (unpaired) electrons. The van der Waals surface area contributed by atoms with E-state index < -0.39 is 11.8 Å². The van der Waals surface area contributed by atoms with E-state index in [0.717, 1.165) is 11.0 Å². The van der Waals surface area contributed by atoms with Gasteiger partial charge < -0.3 is 21.4 Å². The summed E-state index contributed by atoms with van der Waals surface area (Å²) in [7, 11) is 0. The maximum absolute atomic E-state index is 10.1. The Hall–Kier alpha value is -1.14. The van der Waals surface area contributed by atoms with E-state index in [0.29, 0.717) is 0 Å². The zero-order valence-electron chi connectivity index (χ0n) is 5.05. The lowest BCUT2D eigenvalue weighted by Crippen LogP contribution is -2.21. The Labute approximate surface area is 56.8 Å². The van der Waals surface area contributed by atoms with Crippen LogP contribution >= 0.6 is 0 Å². The van der Waals surface area contributed by atoms with Crippen LogP contribution in [0.4, 0.5) is 0 Å². The maximum atomic E-state index is 10.1. The van der Waals surface area contributed by atoms with Crippen molar-refractivity contribution in [2.24, 2.45) is 0 Å². The first-order valence-electron chi connectivity index (χ1n) is 2.52. The molecule has 0 atom stereocenters. The molecule has 0 unspecified atom stereocenters. The van der Waals surface area contributed by atoms with Crippen molar-refractivity contribution in [3.8, 4) is 0 Å². The first-order valence-corrected chi connectivity index (χ1v) is 2.52. The van der Waals surface area contributed by atoms with E-state index in [1.54, 1.807) is 0 Å². The molecular weight excluding hydrogens is 140 g/mol.